The summed E-state index contributed by atoms with van der Waals surface area (Å²) in [5.74, 6) is 1.91. The van der Waals surface area contributed by atoms with Gasteiger partial charge < -0.3 is 9.47 Å². The van der Waals surface area contributed by atoms with E-state index in [-0.39, 0.29) is 5.78 Å². The third-order valence-corrected chi connectivity index (χ3v) is 5.88. The van der Waals surface area contributed by atoms with Crippen LogP contribution >= 0.6 is 0 Å². The molecule has 5 aromatic carbocycles. The van der Waals surface area contributed by atoms with Crippen molar-refractivity contribution in [3.8, 4) is 11.5 Å². The molecule has 0 aliphatic carbocycles. The summed E-state index contributed by atoms with van der Waals surface area (Å²) in [6, 6.07) is 33.3. The summed E-state index contributed by atoms with van der Waals surface area (Å²) in [5, 5.41) is 4.39. The summed E-state index contributed by atoms with van der Waals surface area (Å²) in [4.78, 5) is 11.8. The Morgan fingerprint density at radius 3 is 1.50 bits per heavy atom. The van der Waals surface area contributed by atoms with Crippen molar-refractivity contribution in [3.05, 3.63) is 120 Å². The zero-order valence-electron chi connectivity index (χ0n) is 19.7. The van der Waals surface area contributed by atoms with Gasteiger partial charge in [0.1, 0.15) is 11.5 Å². The zero-order chi connectivity index (χ0) is 23.9. The second-order valence-corrected chi connectivity index (χ2v) is 7.91. The van der Waals surface area contributed by atoms with Gasteiger partial charge in [-0.1, -0.05) is 104 Å². The quantitative estimate of drug-likeness (QED) is 0.206. The molecule has 0 bridgehead atoms. The van der Waals surface area contributed by atoms with Gasteiger partial charge in [0.15, 0.2) is 5.78 Å². The Labute approximate surface area is 200 Å². The van der Waals surface area contributed by atoms with Gasteiger partial charge in [-0.15, -0.1) is 0 Å². The first-order valence-corrected chi connectivity index (χ1v) is 11.4. The van der Waals surface area contributed by atoms with Crippen molar-refractivity contribution in [2.75, 3.05) is 14.2 Å². The monoisotopic (exact) mass is 448 g/mol. The first-order valence-electron chi connectivity index (χ1n) is 11.4. The van der Waals surface area contributed by atoms with E-state index in [4.69, 9.17) is 9.47 Å². The standard InChI is InChI=1S/C18H18O2.C13H10O/c1-4-12-9-10-15-16(11-12)18(20-3)14-8-6-5-7-13(14)17(15)19-2;14-13(11-7-3-1-4-8-11)12-9-5-2-6-10-12/h5-11H,4H2,1-3H3;1-10H. The summed E-state index contributed by atoms with van der Waals surface area (Å²) >= 11 is 0. The molecule has 5 rings (SSSR count). The molecule has 170 valence electrons. The smallest absolute Gasteiger partial charge is 0.193 e. The summed E-state index contributed by atoms with van der Waals surface area (Å²) in [5.41, 5.74) is 2.77. The Kier molecular flexibility index (Phi) is 7.24. The van der Waals surface area contributed by atoms with Crippen molar-refractivity contribution in [1.82, 2.24) is 0 Å². The number of methoxy groups -OCH3 is 2. The fourth-order valence-corrected chi connectivity index (χ4v) is 4.15. The topological polar surface area (TPSA) is 35.5 Å². The number of ketones is 1. The van der Waals surface area contributed by atoms with E-state index in [1.807, 2.05) is 72.8 Å². The second-order valence-electron chi connectivity index (χ2n) is 7.91. The van der Waals surface area contributed by atoms with Gasteiger partial charge in [0, 0.05) is 32.7 Å². The van der Waals surface area contributed by atoms with Gasteiger partial charge in [-0.25, -0.2) is 0 Å². The molecular weight excluding hydrogens is 420 g/mol. The van der Waals surface area contributed by atoms with E-state index in [2.05, 4.69) is 37.3 Å². The Hall–Kier alpha value is -4.11. The van der Waals surface area contributed by atoms with E-state index in [0.29, 0.717) is 0 Å². The van der Waals surface area contributed by atoms with Crippen LogP contribution in [0.2, 0.25) is 0 Å². The van der Waals surface area contributed by atoms with E-state index in [1.165, 1.54) is 5.56 Å². The van der Waals surface area contributed by atoms with Crippen molar-refractivity contribution in [2.24, 2.45) is 0 Å². The highest BCUT2D eigenvalue weighted by molar-refractivity contribution is 6.11. The molecule has 0 atom stereocenters. The summed E-state index contributed by atoms with van der Waals surface area (Å²) < 4.78 is 11.3. The molecule has 0 spiro atoms. The number of benzene rings is 5. The highest BCUT2D eigenvalue weighted by atomic mass is 16.5. The van der Waals surface area contributed by atoms with Crippen LogP contribution in [0.1, 0.15) is 28.4 Å². The molecule has 0 saturated heterocycles. The lowest BCUT2D eigenvalue weighted by Gasteiger charge is -2.15. The molecule has 34 heavy (non-hydrogen) atoms. The van der Waals surface area contributed by atoms with Gasteiger partial charge in [0.2, 0.25) is 0 Å². The normalized spacial score (nSPS) is 10.4. The van der Waals surface area contributed by atoms with E-state index in [9.17, 15) is 4.79 Å². The van der Waals surface area contributed by atoms with Crippen molar-refractivity contribution in [3.63, 3.8) is 0 Å². The molecule has 3 heteroatoms. The van der Waals surface area contributed by atoms with Crippen LogP contribution in [0.4, 0.5) is 0 Å². The molecule has 0 unspecified atom stereocenters. The SMILES string of the molecule is CCc1ccc2c(OC)c3ccccc3c(OC)c2c1.O=C(c1ccccc1)c1ccccc1. The largest absolute Gasteiger partial charge is 0.495 e. The van der Waals surface area contributed by atoms with Gasteiger partial charge >= 0.3 is 0 Å². The van der Waals surface area contributed by atoms with Crippen LogP contribution < -0.4 is 9.47 Å². The first kappa shape index (κ1) is 23.1. The van der Waals surface area contributed by atoms with Crippen LogP contribution in [0.5, 0.6) is 11.5 Å². The number of rotatable bonds is 5. The third-order valence-electron chi connectivity index (χ3n) is 5.88. The minimum Gasteiger partial charge on any atom is -0.495 e. The maximum absolute atomic E-state index is 11.8. The zero-order valence-corrected chi connectivity index (χ0v) is 19.7. The number of carbonyl (C=O) groups excluding carboxylic acids is 1. The number of carbonyl (C=O) groups is 1. The average molecular weight is 449 g/mol. The lowest BCUT2D eigenvalue weighted by atomic mass is 9.98. The summed E-state index contributed by atoms with van der Waals surface area (Å²) in [6.45, 7) is 2.16. The fraction of sp³-hybridized carbons (Fsp3) is 0.129. The van der Waals surface area contributed by atoms with Crippen LogP contribution in [0.25, 0.3) is 21.5 Å². The Morgan fingerprint density at radius 2 is 1.03 bits per heavy atom. The van der Waals surface area contributed by atoms with Gasteiger partial charge in [0.05, 0.1) is 14.2 Å². The van der Waals surface area contributed by atoms with Crippen molar-refractivity contribution in [1.29, 1.82) is 0 Å². The maximum atomic E-state index is 11.8. The molecule has 0 aromatic heterocycles. The van der Waals surface area contributed by atoms with Crippen LogP contribution in [0.3, 0.4) is 0 Å². The number of hydrogen-bond acceptors (Lipinski definition) is 3. The molecule has 0 aliphatic heterocycles. The van der Waals surface area contributed by atoms with Crippen LogP contribution in [-0.2, 0) is 6.42 Å². The predicted octanol–water partition coefficient (Wildman–Crippen LogP) is 7.49. The first-order chi connectivity index (χ1) is 16.7. The molecule has 3 nitrogen and oxygen atoms in total. The van der Waals surface area contributed by atoms with Crippen molar-refractivity contribution < 1.29 is 14.3 Å². The average Bonchev–Trinajstić information content (AvgIpc) is 2.92. The minimum absolute atomic E-state index is 0.0752. The van der Waals surface area contributed by atoms with Crippen LogP contribution in [0, 0.1) is 0 Å². The predicted molar refractivity (Wildman–Crippen MR) is 140 cm³/mol. The van der Waals surface area contributed by atoms with Crippen LogP contribution in [-0.4, -0.2) is 20.0 Å². The highest BCUT2D eigenvalue weighted by Crippen LogP contribution is 2.42. The van der Waals surface area contributed by atoms with Crippen molar-refractivity contribution >= 4 is 27.3 Å². The Bertz CT molecular complexity index is 1370. The number of aryl methyl sites for hydroxylation is 1. The molecular formula is C31H28O3. The van der Waals surface area contributed by atoms with Crippen LogP contribution in [0.15, 0.2) is 103 Å². The molecule has 0 fully saturated rings. The summed E-state index contributed by atoms with van der Waals surface area (Å²) in [6.07, 6.45) is 1.01. The fourth-order valence-electron chi connectivity index (χ4n) is 4.15. The summed E-state index contributed by atoms with van der Waals surface area (Å²) in [7, 11) is 3.45. The van der Waals surface area contributed by atoms with E-state index in [1.54, 1.807) is 14.2 Å². The molecule has 0 N–H and O–H groups in total. The maximum Gasteiger partial charge on any atom is 0.193 e. The van der Waals surface area contributed by atoms with Gasteiger partial charge in [-0.05, 0) is 18.1 Å². The second kappa shape index (κ2) is 10.7. The minimum atomic E-state index is 0.0752. The lowest BCUT2D eigenvalue weighted by Crippen LogP contribution is -1.99. The lowest BCUT2D eigenvalue weighted by molar-refractivity contribution is 0.103. The number of hydrogen-bond donors (Lipinski definition) is 0. The highest BCUT2D eigenvalue weighted by Gasteiger charge is 2.14. The van der Waals surface area contributed by atoms with Gasteiger partial charge in [-0.3, -0.25) is 4.79 Å². The van der Waals surface area contributed by atoms with E-state index >= 15 is 0 Å². The molecule has 0 aliphatic rings. The third kappa shape index (κ3) is 4.65. The van der Waals surface area contributed by atoms with Gasteiger partial charge in [-0.2, -0.15) is 0 Å². The number of ether oxygens (including phenoxy) is 2. The number of fused-ring (bicyclic) bond motifs is 2. The molecule has 0 amide bonds. The van der Waals surface area contributed by atoms with Crippen molar-refractivity contribution in [2.45, 2.75) is 13.3 Å². The molecule has 0 radical (unpaired) electrons. The van der Waals surface area contributed by atoms with E-state index in [0.717, 1.165) is 50.6 Å². The Morgan fingerprint density at radius 1 is 0.588 bits per heavy atom. The molecule has 5 aromatic rings. The molecule has 0 heterocycles. The van der Waals surface area contributed by atoms with Gasteiger partial charge in [0.25, 0.3) is 0 Å². The Balaban J connectivity index is 0.000000172. The van der Waals surface area contributed by atoms with E-state index < -0.39 is 0 Å². The molecule has 0 saturated carbocycles.